The Morgan fingerprint density at radius 3 is 2.55 bits per heavy atom. The number of para-hydroxylation sites is 1. The van der Waals surface area contributed by atoms with Crippen molar-refractivity contribution in [3.63, 3.8) is 0 Å². The summed E-state index contributed by atoms with van der Waals surface area (Å²) in [7, 11) is 1.63. The van der Waals surface area contributed by atoms with Crippen LogP contribution >= 0.6 is 11.3 Å². The summed E-state index contributed by atoms with van der Waals surface area (Å²) in [5, 5.41) is 6.43. The zero-order valence-corrected chi connectivity index (χ0v) is 16.9. The number of hydrogen-bond donors (Lipinski definition) is 0. The number of nitrogens with zero attached hydrogens (tertiary/aromatic N) is 3. The van der Waals surface area contributed by atoms with Crippen molar-refractivity contribution in [2.75, 3.05) is 12.0 Å². The van der Waals surface area contributed by atoms with E-state index >= 15 is 0 Å². The van der Waals surface area contributed by atoms with E-state index in [4.69, 9.17) is 4.74 Å². The first-order valence-corrected chi connectivity index (χ1v) is 10.2. The van der Waals surface area contributed by atoms with Crippen LogP contribution in [0.4, 0.5) is 5.69 Å². The molecule has 0 aliphatic rings. The summed E-state index contributed by atoms with van der Waals surface area (Å²) < 4.78 is 7.03. The van der Waals surface area contributed by atoms with Crippen LogP contribution < -0.4 is 9.64 Å². The van der Waals surface area contributed by atoms with E-state index < -0.39 is 0 Å². The van der Waals surface area contributed by atoms with Gasteiger partial charge in [-0.1, -0.05) is 24.3 Å². The fourth-order valence-electron chi connectivity index (χ4n) is 3.09. The van der Waals surface area contributed by atoms with Gasteiger partial charge >= 0.3 is 0 Å². The Kier molecular flexibility index (Phi) is 5.72. The fourth-order valence-corrected chi connectivity index (χ4v) is 3.78. The lowest BCUT2D eigenvalue weighted by molar-refractivity contribution is -0.118. The summed E-state index contributed by atoms with van der Waals surface area (Å²) >= 11 is 1.64. The summed E-state index contributed by atoms with van der Waals surface area (Å²) in [5.41, 5.74) is 2.69. The molecule has 5 nitrogen and oxygen atoms in total. The van der Waals surface area contributed by atoms with Gasteiger partial charge < -0.3 is 9.64 Å². The molecule has 0 unspecified atom stereocenters. The van der Waals surface area contributed by atoms with E-state index in [0.29, 0.717) is 6.54 Å². The van der Waals surface area contributed by atoms with Gasteiger partial charge in [0.05, 0.1) is 32.0 Å². The highest BCUT2D eigenvalue weighted by molar-refractivity contribution is 7.09. The summed E-state index contributed by atoms with van der Waals surface area (Å²) in [6.45, 7) is 0.537. The van der Waals surface area contributed by atoms with Gasteiger partial charge in [0.15, 0.2) is 0 Å². The molecule has 4 aromatic rings. The maximum absolute atomic E-state index is 13.2. The minimum Gasteiger partial charge on any atom is -0.497 e. The molecule has 0 fully saturated rings. The number of carbonyl (C=O) groups excluding carboxylic acids is 1. The van der Waals surface area contributed by atoms with Crippen LogP contribution in [-0.2, 0) is 17.8 Å². The molecule has 0 N–H and O–H groups in total. The average Bonchev–Trinajstić information content (AvgIpc) is 3.45. The number of aromatic nitrogens is 2. The molecule has 0 aliphatic heterocycles. The van der Waals surface area contributed by atoms with Crippen LogP contribution in [0.25, 0.3) is 5.69 Å². The maximum Gasteiger partial charge on any atom is 0.231 e. The molecule has 2 aromatic heterocycles. The second-order valence-corrected chi connectivity index (χ2v) is 7.59. The fraction of sp³-hybridized carbons (Fsp3) is 0.130. The van der Waals surface area contributed by atoms with Crippen molar-refractivity contribution in [1.82, 2.24) is 9.78 Å². The molecule has 4 rings (SSSR count). The third kappa shape index (κ3) is 4.55. The Labute approximate surface area is 173 Å². The lowest BCUT2D eigenvalue weighted by atomic mass is 10.2. The standard InChI is InChI=1S/C23H21N3O2S/c1-28-21-11-9-19(10-12-21)25(17-22-8-5-13-29-22)23(27)14-18-15-24-26(16-18)20-6-3-2-4-7-20/h2-13,15-16H,14,17H2,1H3. The molecule has 0 radical (unpaired) electrons. The van der Waals surface area contributed by atoms with Crippen molar-refractivity contribution in [2.45, 2.75) is 13.0 Å². The number of hydrogen-bond acceptors (Lipinski definition) is 4. The number of methoxy groups -OCH3 is 1. The molecule has 146 valence electrons. The van der Waals surface area contributed by atoms with Gasteiger partial charge in [0, 0.05) is 16.8 Å². The van der Waals surface area contributed by atoms with Gasteiger partial charge in [0.1, 0.15) is 5.75 Å². The van der Waals surface area contributed by atoms with E-state index in [1.54, 1.807) is 29.3 Å². The number of benzene rings is 2. The Balaban J connectivity index is 1.55. The van der Waals surface area contributed by atoms with E-state index in [-0.39, 0.29) is 12.3 Å². The van der Waals surface area contributed by atoms with Crippen molar-refractivity contribution in [2.24, 2.45) is 0 Å². The molecule has 0 saturated carbocycles. The van der Waals surface area contributed by atoms with Crippen molar-refractivity contribution in [3.8, 4) is 11.4 Å². The first kappa shape index (κ1) is 19.0. The van der Waals surface area contributed by atoms with Crippen LogP contribution in [0.15, 0.2) is 84.5 Å². The quantitative estimate of drug-likeness (QED) is 0.449. The third-order valence-corrected chi connectivity index (χ3v) is 5.45. The minimum absolute atomic E-state index is 0.0242. The van der Waals surface area contributed by atoms with E-state index in [0.717, 1.165) is 27.6 Å². The molecular formula is C23H21N3O2S. The summed E-state index contributed by atoms with van der Waals surface area (Å²) in [6.07, 6.45) is 3.94. The second kappa shape index (κ2) is 8.75. The first-order chi connectivity index (χ1) is 14.2. The number of ether oxygens (including phenoxy) is 1. The predicted molar refractivity (Wildman–Crippen MR) is 116 cm³/mol. The molecular weight excluding hydrogens is 382 g/mol. The van der Waals surface area contributed by atoms with Gasteiger partial charge in [-0.05, 0) is 53.4 Å². The third-order valence-electron chi connectivity index (χ3n) is 4.59. The Hall–Kier alpha value is -3.38. The minimum atomic E-state index is 0.0242. The van der Waals surface area contributed by atoms with E-state index in [1.165, 1.54) is 0 Å². The Morgan fingerprint density at radius 1 is 1.07 bits per heavy atom. The molecule has 0 atom stereocenters. The summed E-state index contributed by atoms with van der Waals surface area (Å²) in [6, 6.07) is 21.5. The van der Waals surface area contributed by atoms with Gasteiger partial charge in [-0.2, -0.15) is 5.10 Å². The second-order valence-electron chi connectivity index (χ2n) is 6.56. The smallest absolute Gasteiger partial charge is 0.231 e. The Morgan fingerprint density at radius 2 is 1.86 bits per heavy atom. The number of rotatable bonds is 7. The Bertz CT molecular complexity index is 1060. The number of amides is 1. The van der Waals surface area contributed by atoms with Crippen LogP contribution in [0, 0.1) is 0 Å². The molecule has 0 spiro atoms. The highest BCUT2D eigenvalue weighted by Gasteiger charge is 2.18. The lowest BCUT2D eigenvalue weighted by Crippen LogP contribution is -2.31. The lowest BCUT2D eigenvalue weighted by Gasteiger charge is -2.22. The van der Waals surface area contributed by atoms with Gasteiger partial charge in [-0.3, -0.25) is 4.79 Å². The maximum atomic E-state index is 13.2. The van der Waals surface area contributed by atoms with E-state index in [1.807, 2.05) is 83.2 Å². The topological polar surface area (TPSA) is 47.4 Å². The van der Waals surface area contributed by atoms with Crippen LogP contribution in [-0.4, -0.2) is 22.8 Å². The largest absolute Gasteiger partial charge is 0.497 e. The van der Waals surface area contributed by atoms with Crippen molar-refractivity contribution in [1.29, 1.82) is 0 Å². The number of thiophene rings is 1. The highest BCUT2D eigenvalue weighted by atomic mass is 32.1. The summed E-state index contributed by atoms with van der Waals surface area (Å²) in [4.78, 5) is 16.1. The molecule has 0 saturated heterocycles. The normalized spacial score (nSPS) is 10.7. The van der Waals surface area contributed by atoms with Crippen molar-refractivity contribution >= 4 is 22.9 Å². The van der Waals surface area contributed by atoms with Crippen molar-refractivity contribution in [3.05, 3.63) is 94.9 Å². The molecule has 1 amide bonds. The molecule has 6 heteroatoms. The molecule has 29 heavy (non-hydrogen) atoms. The predicted octanol–water partition coefficient (Wildman–Crippen LogP) is 4.72. The van der Waals surface area contributed by atoms with Crippen LogP contribution in [0.3, 0.4) is 0 Å². The van der Waals surface area contributed by atoms with E-state index in [9.17, 15) is 4.79 Å². The number of anilines is 1. The van der Waals surface area contributed by atoms with Gasteiger partial charge in [-0.15, -0.1) is 11.3 Å². The van der Waals surface area contributed by atoms with Crippen molar-refractivity contribution < 1.29 is 9.53 Å². The van der Waals surface area contributed by atoms with Crippen LogP contribution in [0.2, 0.25) is 0 Å². The number of carbonyl (C=O) groups is 1. The molecule has 2 heterocycles. The zero-order chi connectivity index (χ0) is 20.1. The average molecular weight is 404 g/mol. The monoisotopic (exact) mass is 403 g/mol. The molecule has 0 bridgehead atoms. The summed E-state index contributed by atoms with van der Waals surface area (Å²) in [5.74, 6) is 0.789. The zero-order valence-electron chi connectivity index (χ0n) is 16.1. The molecule has 2 aromatic carbocycles. The highest BCUT2D eigenvalue weighted by Crippen LogP contribution is 2.24. The first-order valence-electron chi connectivity index (χ1n) is 9.29. The van der Waals surface area contributed by atoms with Gasteiger partial charge in [0.2, 0.25) is 5.91 Å². The SMILES string of the molecule is COc1ccc(N(Cc2cccs2)C(=O)Cc2cnn(-c3ccccc3)c2)cc1. The van der Waals surface area contributed by atoms with Gasteiger partial charge in [0.25, 0.3) is 0 Å². The molecule has 0 aliphatic carbocycles. The van der Waals surface area contributed by atoms with Crippen LogP contribution in [0.5, 0.6) is 5.75 Å². The van der Waals surface area contributed by atoms with E-state index in [2.05, 4.69) is 5.10 Å². The van der Waals surface area contributed by atoms with Gasteiger partial charge in [-0.25, -0.2) is 4.68 Å². The van der Waals surface area contributed by atoms with Crippen LogP contribution in [0.1, 0.15) is 10.4 Å².